The SMILES string of the molecule is Cc1nn(-c2ncccn2)c2c1[C@H](c1ccc(OCC(N)=O)cc1)CC(=O)N2. The van der Waals surface area contributed by atoms with Crippen LogP contribution in [0.25, 0.3) is 5.95 Å². The summed E-state index contributed by atoms with van der Waals surface area (Å²) in [5.74, 6) is 0.703. The van der Waals surface area contributed by atoms with E-state index in [0.717, 1.165) is 16.8 Å². The zero-order valence-corrected chi connectivity index (χ0v) is 15.1. The number of carbonyl (C=O) groups excluding carboxylic acids is 2. The molecular formula is C19H18N6O3. The number of nitrogens with two attached hydrogens (primary N) is 1. The highest BCUT2D eigenvalue weighted by molar-refractivity contribution is 5.95. The molecule has 1 atom stereocenters. The lowest BCUT2D eigenvalue weighted by Crippen LogP contribution is -2.25. The number of anilines is 1. The van der Waals surface area contributed by atoms with Gasteiger partial charge < -0.3 is 15.8 Å². The van der Waals surface area contributed by atoms with Gasteiger partial charge in [0.05, 0.1) is 5.69 Å². The summed E-state index contributed by atoms with van der Waals surface area (Å²) < 4.78 is 6.85. The Kier molecular flexibility index (Phi) is 4.48. The minimum atomic E-state index is -0.538. The van der Waals surface area contributed by atoms with E-state index in [4.69, 9.17) is 10.5 Å². The molecular weight excluding hydrogens is 360 g/mol. The number of aromatic nitrogens is 4. The van der Waals surface area contributed by atoms with Crippen LogP contribution in [0, 0.1) is 6.92 Å². The van der Waals surface area contributed by atoms with E-state index in [1.54, 1.807) is 35.3 Å². The van der Waals surface area contributed by atoms with Crippen LogP contribution >= 0.6 is 0 Å². The van der Waals surface area contributed by atoms with Crippen molar-refractivity contribution in [2.24, 2.45) is 5.73 Å². The van der Waals surface area contributed by atoms with E-state index < -0.39 is 5.91 Å². The normalized spacial score (nSPS) is 15.6. The molecule has 3 heterocycles. The lowest BCUT2D eigenvalue weighted by Gasteiger charge is -2.24. The number of aryl methyl sites for hydroxylation is 1. The molecule has 4 rings (SSSR count). The number of hydrogen-bond donors (Lipinski definition) is 2. The van der Waals surface area contributed by atoms with Crippen molar-refractivity contribution in [1.29, 1.82) is 0 Å². The Balaban J connectivity index is 1.70. The summed E-state index contributed by atoms with van der Waals surface area (Å²) in [4.78, 5) is 31.7. The molecule has 0 saturated carbocycles. The molecule has 2 amide bonds. The fraction of sp³-hybridized carbons (Fsp3) is 0.211. The van der Waals surface area contributed by atoms with Crippen LogP contribution in [0.5, 0.6) is 5.75 Å². The van der Waals surface area contributed by atoms with Gasteiger partial charge in [0.25, 0.3) is 11.9 Å². The van der Waals surface area contributed by atoms with Gasteiger partial charge in [0.1, 0.15) is 11.6 Å². The van der Waals surface area contributed by atoms with E-state index in [0.29, 0.717) is 23.9 Å². The molecule has 9 nitrogen and oxygen atoms in total. The molecule has 28 heavy (non-hydrogen) atoms. The Morgan fingerprint density at radius 2 is 2.00 bits per heavy atom. The second kappa shape index (κ2) is 7.10. The van der Waals surface area contributed by atoms with E-state index in [-0.39, 0.29) is 18.4 Å². The first-order valence-corrected chi connectivity index (χ1v) is 8.70. The molecule has 0 aliphatic carbocycles. The fourth-order valence-electron chi connectivity index (χ4n) is 3.33. The summed E-state index contributed by atoms with van der Waals surface area (Å²) in [5.41, 5.74) is 7.76. The first-order chi connectivity index (χ1) is 13.5. The number of ether oxygens (including phenoxy) is 1. The van der Waals surface area contributed by atoms with Crippen molar-refractivity contribution in [3.63, 3.8) is 0 Å². The van der Waals surface area contributed by atoms with Crippen molar-refractivity contribution >= 4 is 17.6 Å². The number of primary amides is 1. The molecule has 1 aliphatic rings. The average molecular weight is 378 g/mol. The third-order valence-electron chi connectivity index (χ3n) is 4.51. The molecule has 3 aromatic rings. The van der Waals surface area contributed by atoms with Crippen LogP contribution in [-0.2, 0) is 9.59 Å². The van der Waals surface area contributed by atoms with E-state index in [1.807, 2.05) is 19.1 Å². The van der Waals surface area contributed by atoms with Gasteiger partial charge in [0.15, 0.2) is 6.61 Å². The first kappa shape index (κ1) is 17.7. The van der Waals surface area contributed by atoms with Crippen molar-refractivity contribution in [3.8, 4) is 11.7 Å². The lowest BCUT2D eigenvalue weighted by molar-refractivity contribution is -0.120. The highest BCUT2D eigenvalue weighted by atomic mass is 16.5. The second-order valence-electron chi connectivity index (χ2n) is 6.44. The smallest absolute Gasteiger partial charge is 0.255 e. The Bertz CT molecular complexity index is 1030. The summed E-state index contributed by atoms with van der Waals surface area (Å²) >= 11 is 0. The van der Waals surface area contributed by atoms with Gasteiger partial charge in [-0.05, 0) is 30.7 Å². The van der Waals surface area contributed by atoms with Gasteiger partial charge in [-0.3, -0.25) is 9.59 Å². The van der Waals surface area contributed by atoms with Crippen molar-refractivity contribution in [2.75, 3.05) is 11.9 Å². The number of nitrogens with zero attached hydrogens (tertiary/aromatic N) is 4. The highest BCUT2D eigenvalue weighted by Gasteiger charge is 2.33. The first-order valence-electron chi connectivity index (χ1n) is 8.70. The van der Waals surface area contributed by atoms with Crippen LogP contribution in [0.3, 0.4) is 0 Å². The zero-order valence-electron chi connectivity index (χ0n) is 15.1. The Morgan fingerprint density at radius 1 is 1.29 bits per heavy atom. The predicted molar refractivity (Wildman–Crippen MR) is 100 cm³/mol. The Morgan fingerprint density at radius 3 is 2.68 bits per heavy atom. The fourth-order valence-corrected chi connectivity index (χ4v) is 3.33. The summed E-state index contributed by atoms with van der Waals surface area (Å²) in [6.07, 6.45) is 3.55. The van der Waals surface area contributed by atoms with E-state index >= 15 is 0 Å². The minimum absolute atomic E-state index is 0.108. The maximum atomic E-state index is 12.4. The quantitative estimate of drug-likeness (QED) is 0.689. The third-order valence-corrected chi connectivity index (χ3v) is 4.51. The molecule has 9 heteroatoms. The average Bonchev–Trinajstić information content (AvgIpc) is 3.03. The number of rotatable bonds is 5. The summed E-state index contributed by atoms with van der Waals surface area (Å²) in [5, 5.41) is 7.44. The molecule has 0 fully saturated rings. The standard InChI is InChI=1S/C19H18N6O3/c1-11-17-14(12-3-5-13(6-4-12)28-10-15(20)26)9-16(27)23-18(17)25(24-11)19-21-7-2-8-22-19/h2-8,14H,9-10H2,1H3,(H2,20,26)(H,23,27)/t14-/m0/s1. The van der Waals surface area contributed by atoms with Crippen molar-refractivity contribution in [3.05, 3.63) is 59.5 Å². The number of fused-ring (bicyclic) bond motifs is 1. The van der Waals surface area contributed by atoms with Crippen LogP contribution in [0.4, 0.5) is 5.82 Å². The largest absolute Gasteiger partial charge is 0.484 e. The van der Waals surface area contributed by atoms with Crippen LogP contribution in [0.1, 0.15) is 29.2 Å². The number of nitrogens with one attached hydrogen (secondary N) is 1. The Hall–Kier alpha value is -3.75. The lowest BCUT2D eigenvalue weighted by atomic mass is 9.86. The number of carbonyl (C=O) groups is 2. The molecule has 1 aliphatic heterocycles. The van der Waals surface area contributed by atoms with Gasteiger partial charge in [-0.1, -0.05) is 12.1 Å². The van der Waals surface area contributed by atoms with E-state index in [1.165, 1.54) is 0 Å². The molecule has 1 aromatic carbocycles. The van der Waals surface area contributed by atoms with Crippen molar-refractivity contribution in [2.45, 2.75) is 19.3 Å². The predicted octanol–water partition coefficient (Wildman–Crippen LogP) is 1.31. The van der Waals surface area contributed by atoms with Crippen molar-refractivity contribution < 1.29 is 14.3 Å². The van der Waals surface area contributed by atoms with Gasteiger partial charge in [-0.25, -0.2) is 9.97 Å². The van der Waals surface area contributed by atoms with Gasteiger partial charge in [-0.15, -0.1) is 0 Å². The molecule has 142 valence electrons. The minimum Gasteiger partial charge on any atom is -0.484 e. The van der Waals surface area contributed by atoms with Crippen LogP contribution in [0.15, 0.2) is 42.7 Å². The van der Waals surface area contributed by atoms with E-state index in [2.05, 4.69) is 20.4 Å². The molecule has 0 unspecified atom stereocenters. The molecule has 3 N–H and O–H groups in total. The summed E-state index contributed by atoms with van der Waals surface area (Å²) in [6, 6.07) is 8.98. The van der Waals surface area contributed by atoms with E-state index in [9.17, 15) is 9.59 Å². The second-order valence-corrected chi connectivity index (χ2v) is 6.44. The highest BCUT2D eigenvalue weighted by Crippen LogP contribution is 2.40. The molecule has 0 spiro atoms. The maximum absolute atomic E-state index is 12.4. The van der Waals surface area contributed by atoms with Crippen molar-refractivity contribution in [1.82, 2.24) is 19.7 Å². The molecule has 0 radical (unpaired) electrons. The number of hydrogen-bond acceptors (Lipinski definition) is 6. The monoisotopic (exact) mass is 378 g/mol. The zero-order chi connectivity index (χ0) is 19.7. The van der Waals surface area contributed by atoms with Gasteiger partial charge >= 0.3 is 0 Å². The molecule has 0 bridgehead atoms. The number of benzene rings is 1. The van der Waals surface area contributed by atoms with Gasteiger partial charge in [0, 0.05) is 30.3 Å². The summed E-state index contributed by atoms with van der Waals surface area (Å²) in [7, 11) is 0. The maximum Gasteiger partial charge on any atom is 0.255 e. The van der Waals surface area contributed by atoms with Gasteiger partial charge in [0.2, 0.25) is 5.91 Å². The van der Waals surface area contributed by atoms with Crippen LogP contribution in [-0.4, -0.2) is 38.2 Å². The van der Waals surface area contributed by atoms with Crippen LogP contribution < -0.4 is 15.8 Å². The number of amides is 2. The molecule has 2 aromatic heterocycles. The third kappa shape index (κ3) is 3.29. The van der Waals surface area contributed by atoms with Crippen LogP contribution in [0.2, 0.25) is 0 Å². The van der Waals surface area contributed by atoms with Gasteiger partial charge in [-0.2, -0.15) is 9.78 Å². The Labute approximate surface area is 160 Å². The molecule has 0 saturated heterocycles. The topological polar surface area (TPSA) is 125 Å². The summed E-state index contributed by atoms with van der Waals surface area (Å²) in [6.45, 7) is 1.71.